The fourth-order valence-electron chi connectivity index (χ4n) is 1.42. The van der Waals surface area contributed by atoms with Crippen molar-refractivity contribution in [1.29, 1.82) is 5.26 Å². The van der Waals surface area contributed by atoms with Crippen LogP contribution < -0.4 is 5.32 Å². The van der Waals surface area contributed by atoms with E-state index in [2.05, 4.69) is 10.3 Å². The van der Waals surface area contributed by atoms with Crippen LogP contribution in [0.4, 0.5) is 10.1 Å². The van der Waals surface area contributed by atoms with Crippen LogP contribution in [-0.2, 0) is 6.54 Å². The second-order valence-corrected chi connectivity index (χ2v) is 3.52. The van der Waals surface area contributed by atoms with Gasteiger partial charge in [0, 0.05) is 24.6 Å². The lowest BCUT2D eigenvalue weighted by Crippen LogP contribution is -2.00. The minimum Gasteiger partial charge on any atom is -0.381 e. The zero-order valence-electron chi connectivity index (χ0n) is 9.02. The highest BCUT2D eigenvalue weighted by Crippen LogP contribution is 2.14. The Kier molecular flexibility index (Phi) is 3.31. The highest BCUT2D eigenvalue weighted by Gasteiger charge is 2.02. The second kappa shape index (κ2) is 5.08. The van der Waals surface area contributed by atoms with Crippen molar-refractivity contribution in [1.82, 2.24) is 4.98 Å². The van der Waals surface area contributed by atoms with Crippen molar-refractivity contribution in [2.24, 2.45) is 0 Å². The van der Waals surface area contributed by atoms with Crippen LogP contribution in [0.2, 0.25) is 0 Å². The van der Waals surface area contributed by atoms with Crippen LogP contribution in [0.5, 0.6) is 0 Å². The van der Waals surface area contributed by atoms with Crippen LogP contribution in [0.3, 0.4) is 0 Å². The molecule has 2 aromatic rings. The molecule has 0 aliphatic rings. The van der Waals surface area contributed by atoms with Crippen LogP contribution in [-0.4, -0.2) is 4.98 Å². The van der Waals surface area contributed by atoms with Crippen molar-refractivity contribution >= 4 is 5.69 Å². The van der Waals surface area contributed by atoms with Gasteiger partial charge in [0.2, 0.25) is 0 Å². The fourth-order valence-corrected chi connectivity index (χ4v) is 1.42. The maximum absolute atomic E-state index is 13.3. The van der Waals surface area contributed by atoms with Gasteiger partial charge < -0.3 is 5.32 Å². The summed E-state index contributed by atoms with van der Waals surface area (Å²) in [5, 5.41) is 11.7. The summed E-state index contributed by atoms with van der Waals surface area (Å²) in [6.07, 6.45) is 3.41. The standard InChI is InChI=1S/C13H10FN3/c14-13-7-12(2-1-11(13)8-15)17-9-10-3-5-16-6-4-10/h1-7,17H,9H2. The number of aromatic nitrogens is 1. The third-order valence-electron chi connectivity index (χ3n) is 2.34. The third kappa shape index (κ3) is 2.79. The molecule has 0 spiro atoms. The minimum absolute atomic E-state index is 0.0551. The summed E-state index contributed by atoms with van der Waals surface area (Å²) in [4.78, 5) is 3.91. The Morgan fingerprint density at radius 2 is 2.00 bits per heavy atom. The number of hydrogen-bond acceptors (Lipinski definition) is 3. The van der Waals surface area contributed by atoms with E-state index < -0.39 is 5.82 Å². The summed E-state index contributed by atoms with van der Waals surface area (Å²) in [6.45, 7) is 0.591. The maximum Gasteiger partial charge on any atom is 0.143 e. The summed E-state index contributed by atoms with van der Waals surface area (Å²) in [5.74, 6) is -0.507. The van der Waals surface area contributed by atoms with Gasteiger partial charge in [0.15, 0.2) is 0 Å². The number of anilines is 1. The Balaban J connectivity index is 2.06. The molecule has 0 radical (unpaired) electrons. The van der Waals surface area contributed by atoms with Gasteiger partial charge in [-0.25, -0.2) is 4.39 Å². The SMILES string of the molecule is N#Cc1ccc(NCc2ccncc2)cc1F. The lowest BCUT2D eigenvalue weighted by molar-refractivity contribution is 0.624. The summed E-state index contributed by atoms with van der Waals surface area (Å²) < 4.78 is 13.3. The Morgan fingerprint density at radius 3 is 2.65 bits per heavy atom. The van der Waals surface area contributed by atoms with Gasteiger partial charge in [-0.2, -0.15) is 5.26 Å². The van der Waals surface area contributed by atoms with Gasteiger partial charge in [0.1, 0.15) is 11.9 Å². The number of nitriles is 1. The predicted molar refractivity (Wildman–Crippen MR) is 62.7 cm³/mol. The van der Waals surface area contributed by atoms with Crippen molar-refractivity contribution in [2.75, 3.05) is 5.32 Å². The quantitative estimate of drug-likeness (QED) is 0.877. The molecule has 0 unspecified atom stereocenters. The molecule has 17 heavy (non-hydrogen) atoms. The molecule has 0 bridgehead atoms. The first-order valence-corrected chi connectivity index (χ1v) is 5.12. The number of nitrogens with zero attached hydrogens (tertiary/aromatic N) is 2. The molecule has 0 aliphatic carbocycles. The molecule has 84 valence electrons. The Morgan fingerprint density at radius 1 is 1.24 bits per heavy atom. The van der Waals surface area contributed by atoms with E-state index in [1.165, 1.54) is 12.1 Å². The highest BCUT2D eigenvalue weighted by atomic mass is 19.1. The largest absolute Gasteiger partial charge is 0.381 e. The average Bonchev–Trinajstić information content (AvgIpc) is 2.38. The molecule has 0 fully saturated rings. The van der Waals surface area contributed by atoms with E-state index in [4.69, 9.17) is 5.26 Å². The first kappa shape index (κ1) is 11.1. The topological polar surface area (TPSA) is 48.7 Å². The van der Waals surface area contributed by atoms with Crippen molar-refractivity contribution in [3.63, 3.8) is 0 Å². The Labute approximate surface area is 98.5 Å². The van der Waals surface area contributed by atoms with Gasteiger partial charge in [-0.05, 0) is 35.9 Å². The average molecular weight is 227 g/mol. The number of pyridine rings is 1. The van der Waals surface area contributed by atoms with Crippen molar-refractivity contribution in [2.45, 2.75) is 6.54 Å². The summed E-state index contributed by atoms with van der Waals surface area (Å²) in [5.41, 5.74) is 1.77. The molecule has 0 aliphatic heterocycles. The van der Waals surface area contributed by atoms with E-state index in [9.17, 15) is 4.39 Å². The molecular weight excluding hydrogens is 217 g/mol. The van der Waals surface area contributed by atoms with Gasteiger partial charge >= 0.3 is 0 Å². The first-order chi connectivity index (χ1) is 8.29. The molecular formula is C13H10FN3. The smallest absolute Gasteiger partial charge is 0.143 e. The number of halogens is 1. The van der Waals surface area contributed by atoms with E-state index >= 15 is 0 Å². The molecule has 2 rings (SSSR count). The number of benzene rings is 1. The summed E-state index contributed by atoms with van der Waals surface area (Å²) in [7, 11) is 0. The monoisotopic (exact) mass is 227 g/mol. The third-order valence-corrected chi connectivity index (χ3v) is 2.34. The maximum atomic E-state index is 13.3. The highest BCUT2D eigenvalue weighted by molar-refractivity contribution is 5.48. The zero-order valence-corrected chi connectivity index (χ0v) is 9.02. The number of nitrogens with one attached hydrogen (secondary N) is 1. The van der Waals surface area contributed by atoms with E-state index in [-0.39, 0.29) is 5.56 Å². The van der Waals surface area contributed by atoms with E-state index in [0.29, 0.717) is 12.2 Å². The molecule has 0 saturated heterocycles. The second-order valence-electron chi connectivity index (χ2n) is 3.52. The normalized spacial score (nSPS) is 9.65. The zero-order chi connectivity index (χ0) is 12.1. The molecule has 0 amide bonds. The Hall–Kier alpha value is -2.41. The Bertz CT molecular complexity index is 546. The van der Waals surface area contributed by atoms with Crippen molar-refractivity contribution in [3.8, 4) is 6.07 Å². The molecule has 1 heterocycles. The molecule has 3 nitrogen and oxygen atoms in total. The van der Waals surface area contributed by atoms with Crippen molar-refractivity contribution < 1.29 is 4.39 Å². The predicted octanol–water partition coefficient (Wildman–Crippen LogP) is 2.70. The lowest BCUT2D eigenvalue weighted by atomic mass is 10.2. The number of rotatable bonds is 3. The van der Waals surface area contributed by atoms with Crippen LogP contribution in [0.15, 0.2) is 42.7 Å². The first-order valence-electron chi connectivity index (χ1n) is 5.12. The van der Waals surface area contributed by atoms with E-state index in [1.54, 1.807) is 24.5 Å². The van der Waals surface area contributed by atoms with Crippen molar-refractivity contribution in [3.05, 3.63) is 59.7 Å². The molecule has 1 aromatic heterocycles. The van der Waals surface area contributed by atoms with E-state index in [0.717, 1.165) is 5.56 Å². The minimum atomic E-state index is -0.507. The lowest BCUT2D eigenvalue weighted by Gasteiger charge is -2.06. The van der Waals surface area contributed by atoms with Gasteiger partial charge in [-0.3, -0.25) is 4.98 Å². The van der Waals surface area contributed by atoms with Gasteiger partial charge in [-0.1, -0.05) is 0 Å². The molecule has 4 heteroatoms. The molecule has 0 atom stereocenters. The summed E-state index contributed by atoms with van der Waals surface area (Å²) in [6, 6.07) is 10.0. The van der Waals surface area contributed by atoms with Gasteiger partial charge in [-0.15, -0.1) is 0 Å². The van der Waals surface area contributed by atoms with Crippen LogP contribution in [0, 0.1) is 17.1 Å². The van der Waals surface area contributed by atoms with Crippen LogP contribution >= 0.6 is 0 Å². The van der Waals surface area contributed by atoms with Gasteiger partial charge in [0.05, 0.1) is 5.56 Å². The molecule has 1 N–H and O–H groups in total. The molecule has 0 saturated carbocycles. The van der Waals surface area contributed by atoms with Crippen LogP contribution in [0.25, 0.3) is 0 Å². The fraction of sp³-hybridized carbons (Fsp3) is 0.0769. The van der Waals surface area contributed by atoms with Gasteiger partial charge in [0.25, 0.3) is 0 Å². The summed E-state index contributed by atoms with van der Waals surface area (Å²) >= 11 is 0. The molecule has 1 aromatic carbocycles. The number of hydrogen-bond donors (Lipinski definition) is 1. The van der Waals surface area contributed by atoms with Crippen LogP contribution in [0.1, 0.15) is 11.1 Å². The van der Waals surface area contributed by atoms with E-state index in [1.807, 2.05) is 12.1 Å².